The number of amides is 2. The summed E-state index contributed by atoms with van der Waals surface area (Å²) >= 11 is 0. The molecule has 0 aliphatic carbocycles. The molecule has 1 aromatic rings. The minimum atomic E-state index is -0.758. The van der Waals surface area contributed by atoms with Gasteiger partial charge < -0.3 is 4.74 Å². The summed E-state index contributed by atoms with van der Waals surface area (Å²) in [5.74, 6) is -2.18. The number of hydrazine groups is 1. The first kappa shape index (κ1) is 16.8. The molecule has 0 saturated carbocycles. The van der Waals surface area contributed by atoms with Crippen molar-refractivity contribution in [2.75, 3.05) is 6.61 Å². The van der Waals surface area contributed by atoms with E-state index in [4.69, 9.17) is 0 Å². The van der Waals surface area contributed by atoms with Gasteiger partial charge in [-0.15, -0.1) is 0 Å². The summed E-state index contributed by atoms with van der Waals surface area (Å²) in [7, 11) is 0. The Morgan fingerprint density at radius 2 is 2.00 bits per heavy atom. The molecule has 0 fully saturated rings. The largest absolute Gasteiger partial charge is 0.463 e. The Kier molecular flexibility index (Phi) is 6.23. The van der Waals surface area contributed by atoms with Crippen LogP contribution in [-0.2, 0) is 14.3 Å². The van der Waals surface area contributed by atoms with E-state index in [9.17, 15) is 24.5 Å². The molecule has 9 heteroatoms. The van der Waals surface area contributed by atoms with Gasteiger partial charge in [0.2, 0.25) is 0 Å². The summed E-state index contributed by atoms with van der Waals surface area (Å²) in [6.45, 7) is 1.79. The van der Waals surface area contributed by atoms with Gasteiger partial charge in [0.05, 0.1) is 11.5 Å². The van der Waals surface area contributed by atoms with E-state index >= 15 is 0 Å². The molecule has 2 amide bonds. The highest BCUT2D eigenvalue weighted by Crippen LogP contribution is 2.12. The van der Waals surface area contributed by atoms with Crippen LogP contribution in [-0.4, -0.2) is 29.3 Å². The predicted octanol–water partition coefficient (Wildman–Crippen LogP) is 0.475. The third-order valence-electron chi connectivity index (χ3n) is 2.28. The van der Waals surface area contributed by atoms with Gasteiger partial charge in [-0.25, -0.2) is 4.79 Å². The number of benzene rings is 1. The van der Waals surface area contributed by atoms with Crippen LogP contribution in [0.4, 0.5) is 5.69 Å². The molecule has 0 bridgehead atoms. The highest BCUT2D eigenvalue weighted by Gasteiger charge is 2.11. The molecule has 1 aromatic carbocycles. The molecule has 0 heterocycles. The maximum Gasteiger partial charge on any atom is 0.330 e. The van der Waals surface area contributed by atoms with Gasteiger partial charge in [0.25, 0.3) is 17.5 Å². The monoisotopic (exact) mass is 307 g/mol. The fraction of sp³-hybridized carbons (Fsp3) is 0.154. The predicted molar refractivity (Wildman–Crippen MR) is 74.5 cm³/mol. The first-order valence-corrected chi connectivity index (χ1v) is 6.13. The van der Waals surface area contributed by atoms with Gasteiger partial charge in [0.1, 0.15) is 0 Å². The average molecular weight is 307 g/mol. The molecule has 2 N–H and O–H groups in total. The van der Waals surface area contributed by atoms with Crippen molar-refractivity contribution < 1.29 is 24.0 Å². The number of nitrogens with zero attached hydrogens (tertiary/aromatic N) is 1. The molecule has 0 unspecified atom stereocenters. The first-order valence-electron chi connectivity index (χ1n) is 6.13. The molecule has 0 aromatic heterocycles. The average Bonchev–Trinajstić information content (AvgIpc) is 2.51. The van der Waals surface area contributed by atoms with E-state index in [0.29, 0.717) is 0 Å². The van der Waals surface area contributed by atoms with Crippen LogP contribution in [0.2, 0.25) is 0 Å². The van der Waals surface area contributed by atoms with Crippen molar-refractivity contribution in [2.45, 2.75) is 6.92 Å². The van der Waals surface area contributed by atoms with Gasteiger partial charge in [0.15, 0.2) is 0 Å². The summed E-state index contributed by atoms with van der Waals surface area (Å²) < 4.78 is 4.57. The summed E-state index contributed by atoms with van der Waals surface area (Å²) in [4.78, 5) is 44.0. The van der Waals surface area contributed by atoms with Crippen LogP contribution < -0.4 is 10.9 Å². The molecular formula is C13H13N3O6. The van der Waals surface area contributed by atoms with Crippen LogP contribution in [0.15, 0.2) is 36.4 Å². The molecule has 9 nitrogen and oxygen atoms in total. The minimum absolute atomic E-state index is 0.00359. The Labute approximate surface area is 125 Å². The van der Waals surface area contributed by atoms with Crippen LogP contribution in [0.25, 0.3) is 0 Å². The Balaban J connectivity index is 2.56. The zero-order valence-corrected chi connectivity index (χ0v) is 11.6. The number of hydrogen-bond acceptors (Lipinski definition) is 6. The van der Waals surface area contributed by atoms with Crippen LogP contribution in [0.1, 0.15) is 17.3 Å². The fourth-order valence-corrected chi connectivity index (χ4v) is 1.33. The number of hydrogen-bond donors (Lipinski definition) is 2. The topological polar surface area (TPSA) is 128 Å². The number of nitrogens with one attached hydrogen (secondary N) is 2. The van der Waals surface area contributed by atoms with E-state index in [0.717, 1.165) is 18.2 Å². The second kappa shape index (κ2) is 8.15. The Bertz CT molecular complexity index is 626. The number of carbonyl (C=O) groups is 3. The number of nitro benzene ring substituents is 1. The van der Waals surface area contributed by atoms with Gasteiger partial charge in [-0.1, -0.05) is 6.07 Å². The Hall–Kier alpha value is -3.23. The minimum Gasteiger partial charge on any atom is -0.463 e. The molecular weight excluding hydrogens is 294 g/mol. The van der Waals surface area contributed by atoms with Crippen molar-refractivity contribution in [2.24, 2.45) is 0 Å². The van der Waals surface area contributed by atoms with E-state index in [1.165, 1.54) is 18.2 Å². The lowest BCUT2D eigenvalue weighted by atomic mass is 10.2. The molecule has 0 radical (unpaired) electrons. The number of esters is 1. The molecule has 116 valence electrons. The van der Waals surface area contributed by atoms with E-state index in [2.05, 4.69) is 10.2 Å². The van der Waals surface area contributed by atoms with Gasteiger partial charge >= 0.3 is 5.97 Å². The van der Waals surface area contributed by atoms with Gasteiger partial charge in [-0.2, -0.15) is 0 Å². The molecule has 22 heavy (non-hydrogen) atoms. The van der Waals surface area contributed by atoms with Crippen LogP contribution >= 0.6 is 0 Å². The summed E-state index contributed by atoms with van der Waals surface area (Å²) in [6, 6.07) is 4.99. The lowest BCUT2D eigenvalue weighted by Crippen LogP contribution is -2.40. The smallest absolute Gasteiger partial charge is 0.330 e. The lowest BCUT2D eigenvalue weighted by molar-refractivity contribution is -0.384. The number of rotatable bonds is 5. The molecule has 0 atom stereocenters. The number of nitro groups is 1. The maximum absolute atomic E-state index is 11.7. The Morgan fingerprint density at radius 3 is 2.64 bits per heavy atom. The third-order valence-corrected chi connectivity index (χ3v) is 2.28. The standard InChI is InChI=1S/C13H13N3O6/c1-2-22-12(18)7-6-11(17)14-15-13(19)9-4-3-5-10(8-9)16(20)21/h3-8H,2H2,1H3,(H,14,17)(H,15,19). The van der Waals surface area contributed by atoms with Crippen LogP contribution in [0.3, 0.4) is 0 Å². The summed E-state index contributed by atoms with van der Waals surface area (Å²) in [5, 5.41) is 10.6. The number of carbonyl (C=O) groups excluding carboxylic acids is 3. The molecule has 1 rings (SSSR count). The van der Waals surface area contributed by atoms with E-state index in [1.807, 2.05) is 5.43 Å². The zero-order valence-electron chi connectivity index (χ0n) is 11.6. The van der Waals surface area contributed by atoms with Crippen molar-refractivity contribution in [1.29, 1.82) is 0 Å². The van der Waals surface area contributed by atoms with Gasteiger partial charge in [-0.05, 0) is 13.0 Å². The fourth-order valence-electron chi connectivity index (χ4n) is 1.33. The highest BCUT2D eigenvalue weighted by molar-refractivity contribution is 5.98. The van der Waals surface area contributed by atoms with Crippen LogP contribution in [0, 0.1) is 10.1 Å². The summed E-state index contributed by atoms with van der Waals surface area (Å²) in [6.07, 6.45) is 1.78. The maximum atomic E-state index is 11.7. The van der Waals surface area contributed by atoms with Crippen LogP contribution in [0.5, 0.6) is 0 Å². The molecule has 0 aliphatic heterocycles. The quantitative estimate of drug-likeness (QED) is 0.352. The second-order valence-electron chi connectivity index (χ2n) is 3.84. The molecule has 0 saturated heterocycles. The second-order valence-corrected chi connectivity index (χ2v) is 3.84. The molecule has 0 spiro atoms. The highest BCUT2D eigenvalue weighted by atomic mass is 16.6. The van der Waals surface area contributed by atoms with E-state index in [1.54, 1.807) is 6.92 Å². The van der Waals surface area contributed by atoms with Crippen molar-refractivity contribution in [3.05, 3.63) is 52.1 Å². The Morgan fingerprint density at radius 1 is 1.27 bits per heavy atom. The van der Waals surface area contributed by atoms with Crippen molar-refractivity contribution in [3.8, 4) is 0 Å². The van der Waals surface area contributed by atoms with Crippen molar-refractivity contribution >= 4 is 23.5 Å². The first-order chi connectivity index (χ1) is 10.4. The summed E-state index contributed by atoms with van der Waals surface area (Å²) in [5.41, 5.74) is 3.83. The van der Waals surface area contributed by atoms with E-state index in [-0.39, 0.29) is 17.9 Å². The lowest BCUT2D eigenvalue weighted by Gasteiger charge is -2.05. The number of ether oxygens (including phenoxy) is 1. The van der Waals surface area contributed by atoms with E-state index < -0.39 is 22.7 Å². The van der Waals surface area contributed by atoms with Gasteiger partial charge in [-0.3, -0.25) is 30.6 Å². The molecule has 0 aliphatic rings. The van der Waals surface area contributed by atoms with Gasteiger partial charge in [0, 0.05) is 29.8 Å². The SMILES string of the molecule is CCOC(=O)C=CC(=O)NNC(=O)c1cccc([N+](=O)[O-])c1. The van der Waals surface area contributed by atoms with Crippen molar-refractivity contribution in [3.63, 3.8) is 0 Å². The zero-order chi connectivity index (χ0) is 16.5. The number of non-ortho nitro benzene ring substituents is 1. The normalized spacial score (nSPS) is 10.0. The van der Waals surface area contributed by atoms with Crippen molar-refractivity contribution in [1.82, 2.24) is 10.9 Å². The third kappa shape index (κ3) is 5.41.